The minimum Gasteiger partial charge on any atom is -0.316 e. The summed E-state index contributed by atoms with van der Waals surface area (Å²) in [5.74, 6) is -0.0747. The normalized spacial score (nSPS) is 11.2. The van der Waals surface area contributed by atoms with Crippen LogP contribution in [0.4, 0.5) is 5.00 Å². The third kappa shape index (κ3) is 4.07. The van der Waals surface area contributed by atoms with Gasteiger partial charge in [0.25, 0.3) is 0 Å². The number of carbonyl (C=O) groups excluding carboxylic acids is 1. The lowest BCUT2D eigenvalue weighted by atomic mass is 10.1. The van der Waals surface area contributed by atoms with Gasteiger partial charge in [0.2, 0.25) is 5.91 Å². The number of hydrogen-bond donors (Lipinski definition) is 1. The number of benzene rings is 1. The maximum absolute atomic E-state index is 11.9. The molecule has 0 bridgehead atoms. The van der Waals surface area contributed by atoms with Gasteiger partial charge in [-0.05, 0) is 24.4 Å². The van der Waals surface area contributed by atoms with E-state index in [4.69, 9.17) is 0 Å². The molecule has 0 saturated carbocycles. The molecule has 0 aliphatic carbocycles. The van der Waals surface area contributed by atoms with Crippen molar-refractivity contribution in [3.8, 4) is 17.3 Å². The zero-order chi connectivity index (χ0) is 18.5. The fourth-order valence-corrected chi connectivity index (χ4v) is 3.93. The van der Waals surface area contributed by atoms with Gasteiger partial charge < -0.3 is 5.32 Å². The van der Waals surface area contributed by atoms with Crippen LogP contribution in [0.2, 0.25) is 0 Å². The summed E-state index contributed by atoms with van der Waals surface area (Å²) in [4.78, 5) is 17.6. The van der Waals surface area contributed by atoms with E-state index in [2.05, 4.69) is 16.4 Å². The molecule has 6 heteroatoms. The second-order valence-electron chi connectivity index (χ2n) is 5.65. The number of carbonyl (C=O) groups is 1. The summed E-state index contributed by atoms with van der Waals surface area (Å²) in [6.45, 7) is 3.83. The lowest BCUT2D eigenvalue weighted by Crippen LogP contribution is -2.08. The number of aromatic nitrogens is 1. The van der Waals surface area contributed by atoms with Gasteiger partial charge in [-0.1, -0.05) is 54.2 Å². The predicted octanol–water partition coefficient (Wildman–Crippen LogP) is 5.59. The number of hydrogen-bond acceptors (Lipinski definition) is 5. The highest BCUT2D eigenvalue weighted by Crippen LogP contribution is 2.37. The minimum atomic E-state index is -0.0747. The van der Waals surface area contributed by atoms with Gasteiger partial charge in [0, 0.05) is 16.9 Å². The third-order valence-corrected chi connectivity index (χ3v) is 5.53. The summed E-state index contributed by atoms with van der Waals surface area (Å²) in [5.41, 5.74) is 3.25. The van der Waals surface area contributed by atoms with E-state index in [1.807, 2.05) is 54.8 Å². The summed E-state index contributed by atoms with van der Waals surface area (Å²) in [6, 6.07) is 14.1. The van der Waals surface area contributed by atoms with Crippen LogP contribution >= 0.6 is 22.7 Å². The first-order valence-corrected chi connectivity index (χ1v) is 9.83. The molecule has 0 aliphatic heterocycles. The highest BCUT2D eigenvalue weighted by atomic mass is 32.1. The molecule has 0 radical (unpaired) electrons. The average molecular weight is 380 g/mol. The van der Waals surface area contributed by atoms with Crippen molar-refractivity contribution >= 4 is 45.2 Å². The third-order valence-electron chi connectivity index (χ3n) is 3.71. The standard InChI is InChI=1S/C20H17N3OS2/c1-3-17(24)22-20-18(14-8-6-13(2)7-9-14)23-19(26-20)15(12-21)11-16-5-4-10-25-16/h4-11H,3H2,1-2H3,(H,22,24). The summed E-state index contributed by atoms with van der Waals surface area (Å²) in [5, 5.41) is 15.7. The maximum atomic E-state index is 11.9. The van der Waals surface area contributed by atoms with Crippen molar-refractivity contribution in [2.24, 2.45) is 0 Å². The van der Waals surface area contributed by atoms with Crippen molar-refractivity contribution in [2.45, 2.75) is 20.3 Å². The zero-order valence-electron chi connectivity index (χ0n) is 14.4. The minimum absolute atomic E-state index is 0.0747. The smallest absolute Gasteiger partial charge is 0.224 e. The first kappa shape index (κ1) is 18.1. The summed E-state index contributed by atoms with van der Waals surface area (Å²) in [6.07, 6.45) is 2.21. The maximum Gasteiger partial charge on any atom is 0.224 e. The second-order valence-corrected chi connectivity index (χ2v) is 7.63. The molecule has 1 N–H and O–H groups in total. The van der Waals surface area contributed by atoms with Gasteiger partial charge in [-0.25, -0.2) is 4.98 Å². The van der Waals surface area contributed by atoms with Crippen molar-refractivity contribution < 1.29 is 4.79 Å². The fourth-order valence-electron chi connectivity index (χ4n) is 2.30. The molecule has 0 spiro atoms. The molecule has 2 aromatic heterocycles. The van der Waals surface area contributed by atoms with Crippen LogP contribution in [0.3, 0.4) is 0 Å². The van der Waals surface area contributed by atoms with Crippen LogP contribution < -0.4 is 5.32 Å². The monoisotopic (exact) mass is 379 g/mol. The molecule has 1 amide bonds. The van der Waals surface area contributed by atoms with E-state index in [0.717, 1.165) is 16.0 Å². The summed E-state index contributed by atoms with van der Waals surface area (Å²) >= 11 is 2.89. The van der Waals surface area contributed by atoms with Crippen LogP contribution in [0.25, 0.3) is 22.9 Å². The molecule has 2 heterocycles. The highest BCUT2D eigenvalue weighted by molar-refractivity contribution is 7.17. The number of nitrogens with zero attached hydrogens (tertiary/aromatic N) is 2. The van der Waals surface area contributed by atoms with E-state index < -0.39 is 0 Å². The molecule has 0 aliphatic rings. The number of nitrogens with one attached hydrogen (secondary N) is 1. The lowest BCUT2D eigenvalue weighted by Gasteiger charge is -2.04. The Morgan fingerprint density at radius 2 is 2.08 bits per heavy atom. The molecule has 3 aromatic rings. The van der Waals surface area contributed by atoms with Crippen molar-refractivity contribution in [1.29, 1.82) is 5.26 Å². The Balaban J connectivity index is 2.07. The van der Waals surface area contributed by atoms with E-state index in [9.17, 15) is 10.1 Å². The molecule has 26 heavy (non-hydrogen) atoms. The van der Waals surface area contributed by atoms with Crippen LogP contribution in [0.5, 0.6) is 0 Å². The van der Waals surface area contributed by atoms with Crippen LogP contribution in [-0.2, 0) is 4.79 Å². The fraction of sp³-hybridized carbons (Fsp3) is 0.150. The SMILES string of the molecule is CCC(=O)Nc1sc(C(C#N)=Cc2cccs2)nc1-c1ccc(C)cc1. The first-order valence-electron chi connectivity index (χ1n) is 8.14. The molecule has 0 saturated heterocycles. The Hall–Kier alpha value is -2.75. The van der Waals surface area contributed by atoms with E-state index in [1.165, 1.54) is 11.3 Å². The Kier molecular flexibility index (Phi) is 5.61. The number of thiophene rings is 1. The van der Waals surface area contributed by atoms with Gasteiger partial charge in [-0.3, -0.25) is 4.79 Å². The quantitative estimate of drug-likeness (QED) is 0.587. The highest BCUT2D eigenvalue weighted by Gasteiger charge is 2.17. The van der Waals surface area contributed by atoms with Crippen molar-refractivity contribution in [1.82, 2.24) is 4.98 Å². The topological polar surface area (TPSA) is 65.8 Å². The number of nitriles is 1. The summed E-state index contributed by atoms with van der Waals surface area (Å²) < 4.78 is 0. The lowest BCUT2D eigenvalue weighted by molar-refractivity contribution is -0.115. The average Bonchev–Trinajstić information content (AvgIpc) is 3.30. The van der Waals surface area contributed by atoms with E-state index in [0.29, 0.717) is 27.7 Å². The van der Waals surface area contributed by atoms with Crippen molar-refractivity contribution in [3.05, 3.63) is 57.2 Å². The number of aryl methyl sites for hydroxylation is 1. The van der Waals surface area contributed by atoms with E-state index in [-0.39, 0.29) is 5.91 Å². The van der Waals surface area contributed by atoms with E-state index >= 15 is 0 Å². The predicted molar refractivity (Wildman–Crippen MR) is 109 cm³/mol. The molecule has 3 rings (SSSR count). The van der Waals surface area contributed by atoms with Gasteiger partial charge in [0.1, 0.15) is 21.8 Å². The van der Waals surface area contributed by atoms with Gasteiger partial charge in [-0.15, -0.1) is 11.3 Å². The number of rotatable bonds is 5. The largest absolute Gasteiger partial charge is 0.316 e. The number of allylic oxidation sites excluding steroid dienone is 1. The van der Waals surface area contributed by atoms with Gasteiger partial charge in [-0.2, -0.15) is 5.26 Å². The first-order chi connectivity index (χ1) is 12.6. The molecule has 130 valence electrons. The zero-order valence-corrected chi connectivity index (χ0v) is 16.1. The summed E-state index contributed by atoms with van der Waals surface area (Å²) in [7, 11) is 0. The number of amides is 1. The molecule has 0 atom stereocenters. The number of anilines is 1. The van der Waals surface area contributed by atoms with Crippen LogP contribution in [0.1, 0.15) is 28.8 Å². The van der Waals surface area contributed by atoms with Crippen LogP contribution in [0.15, 0.2) is 41.8 Å². The van der Waals surface area contributed by atoms with Crippen molar-refractivity contribution in [2.75, 3.05) is 5.32 Å². The molecule has 0 unspecified atom stereocenters. The Morgan fingerprint density at radius 3 is 2.69 bits per heavy atom. The van der Waals surface area contributed by atoms with E-state index in [1.54, 1.807) is 18.3 Å². The van der Waals surface area contributed by atoms with Gasteiger partial charge in [0.05, 0.1) is 5.57 Å². The number of thiazole rings is 1. The van der Waals surface area contributed by atoms with Gasteiger partial charge >= 0.3 is 0 Å². The Labute approximate surface area is 160 Å². The molecule has 1 aromatic carbocycles. The molecular formula is C20H17N3OS2. The van der Waals surface area contributed by atoms with Gasteiger partial charge in [0.15, 0.2) is 0 Å². The molecule has 4 nitrogen and oxygen atoms in total. The molecular weight excluding hydrogens is 362 g/mol. The van der Waals surface area contributed by atoms with Crippen LogP contribution in [0, 0.1) is 18.3 Å². The second kappa shape index (κ2) is 8.09. The Bertz CT molecular complexity index is 977. The Morgan fingerprint density at radius 1 is 1.31 bits per heavy atom. The van der Waals surface area contributed by atoms with Crippen LogP contribution in [-0.4, -0.2) is 10.9 Å². The van der Waals surface area contributed by atoms with Crippen molar-refractivity contribution in [3.63, 3.8) is 0 Å². The molecule has 0 fully saturated rings.